The van der Waals surface area contributed by atoms with Gasteiger partial charge in [0.1, 0.15) is 11.8 Å². The maximum absolute atomic E-state index is 13.6. The highest BCUT2D eigenvalue weighted by Crippen LogP contribution is 2.32. The Balaban J connectivity index is 2.09. The number of furan rings is 1. The van der Waals surface area contributed by atoms with E-state index >= 15 is 0 Å². The molecule has 0 amide bonds. The van der Waals surface area contributed by atoms with Gasteiger partial charge in [-0.15, -0.1) is 11.3 Å². The number of nitrogens with one attached hydrogen (secondary N) is 1. The predicted octanol–water partition coefficient (Wildman–Crippen LogP) is 3.95. The zero-order chi connectivity index (χ0) is 13.4. The van der Waals surface area contributed by atoms with E-state index in [1.54, 1.807) is 23.5 Å². The van der Waals surface area contributed by atoms with Gasteiger partial charge in [-0.25, -0.2) is 9.82 Å². The summed E-state index contributed by atoms with van der Waals surface area (Å²) in [4.78, 5) is 0. The fraction of sp³-hybridized carbons (Fsp3) is 0.0769. The molecule has 19 heavy (non-hydrogen) atoms. The van der Waals surface area contributed by atoms with E-state index in [1.165, 1.54) is 6.07 Å². The second-order valence-corrected chi connectivity index (χ2v) is 6.38. The van der Waals surface area contributed by atoms with Crippen molar-refractivity contribution in [2.75, 3.05) is 0 Å². The highest BCUT2D eigenvalue weighted by atomic mass is 79.9. The summed E-state index contributed by atoms with van der Waals surface area (Å²) in [6.45, 7) is 0. The van der Waals surface area contributed by atoms with E-state index in [2.05, 4.69) is 21.4 Å². The third kappa shape index (κ3) is 2.32. The molecule has 0 fully saturated rings. The van der Waals surface area contributed by atoms with Crippen LogP contribution in [0.5, 0.6) is 0 Å². The van der Waals surface area contributed by atoms with Gasteiger partial charge in [-0.1, -0.05) is 12.1 Å². The lowest BCUT2D eigenvalue weighted by atomic mass is 10.1. The van der Waals surface area contributed by atoms with Gasteiger partial charge in [-0.2, -0.15) is 0 Å². The summed E-state index contributed by atoms with van der Waals surface area (Å²) in [7, 11) is 0. The SMILES string of the molecule is NNC(c1csc(Br)c1)c1cc2cccc(F)c2o1. The lowest BCUT2D eigenvalue weighted by molar-refractivity contribution is 0.465. The molecule has 3 rings (SSSR count). The van der Waals surface area contributed by atoms with E-state index in [1.807, 2.05) is 17.5 Å². The summed E-state index contributed by atoms with van der Waals surface area (Å²) in [5, 5.41) is 2.70. The van der Waals surface area contributed by atoms with Gasteiger partial charge in [-0.3, -0.25) is 5.84 Å². The quantitative estimate of drug-likeness (QED) is 0.560. The molecule has 0 saturated carbocycles. The number of fused-ring (bicyclic) bond motifs is 1. The van der Waals surface area contributed by atoms with Crippen molar-refractivity contribution in [3.8, 4) is 0 Å². The summed E-state index contributed by atoms with van der Waals surface area (Å²) in [5.74, 6) is 5.81. The Morgan fingerprint density at radius 1 is 1.37 bits per heavy atom. The van der Waals surface area contributed by atoms with Crippen LogP contribution in [0.2, 0.25) is 0 Å². The molecule has 3 N–H and O–H groups in total. The van der Waals surface area contributed by atoms with Crippen LogP contribution in [0.25, 0.3) is 11.0 Å². The molecule has 2 heterocycles. The van der Waals surface area contributed by atoms with Crippen molar-refractivity contribution in [2.24, 2.45) is 5.84 Å². The van der Waals surface area contributed by atoms with Crippen LogP contribution in [0.4, 0.5) is 4.39 Å². The van der Waals surface area contributed by atoms with Crippen LogP contribution in [0.3, 0.4) is 0 Å². The highest BCUT2D eigenvalue weighted by molar-refractivity contribution is 9.11. The van der Waals surface area contributed by atoms with Crippen LogP contribution in [-0.4, -0.2) is 0 Å². The maximum Gasteiger partial charge on any atom is 0.169 e. The zero-order valence-corrected chi connectivity index (χ0v) is 12.1. The van der Waals surface area contributed by atoms with E-state index in [0.29, 0.717) is 5.76 Å². The Bertz CT molecular complexity index is 724. The predicted molar refractivity (Wildman–Crippen MR) is 77.4 cm³/mol. The minimum atomic E-state index is -0.369. The van der Waals surface area contributed by atoms with Crippen molar-refractivity contribution in [3.63, 3.8) is 0 Å². The van der Waals surface area contributed by atoms with Crippen molar-refractivity contribution >= 4 is 38.2 Å². The Labute approximate surface area is 121 Å². The Morgan fingerprint density at radius 3 is 2.84 bits per heavy atom. The minimum absolute atomic E-state index is 0.257. The maximum atomic E-state index is 13.6. The van der Waals surface area contributed by atoms with E-state index in [9.17, 15) is 4.39 Å². The normalized spacial score (nSPS) is 13.0. The smallest absolute Gasteiger partial charge is 0.169 e. The Morgan fingerprint density at radius 2 is 2.21 bits per heavy atom. The number of halogens is 2. The van der Waals surface area contributed by atoms with Crippen molar-refractivity contribution in [2.45, 2.75) is 6.04 Å². The summed E-state index contributed by atoms with van der Waals surface area (Å²) in [6.07, 6.45) is 0. The lowest BCUT2D eigenvalue weighted by Gasteiger charge is -2.10. The number of benzene rings is 1. The molecule has 1 atom stereocenters. The number of para-hydroxylation sites is 1. The van der Waals surface area contributed by atoms with Crippen molar-refractivity contribution in [1.29, 1.82) is 0 Å². The minimum Gasteiger partial charge on any atom is -0.456 e. The topological polar surface area (TPSA) is 51.2 Å². The molecule has 3 aromatic rings. The molecule has 98 valence electrons. The fourth-order valence-corrected chi connectivity index (χ4v) is 3.21. The average molecular weight is 341 g/mol. The monoisotopic (exact) mass is 340 g/mol. The molecule has 0 bridgehead atoms. The molecule has 6 heteroatoms. The largest absolute Gasteiger partial charge is 0.456 e. The zero-order valence-electron chi connectivity index (χ0n) is 9.69. The molecule has 0 radical (unpaired) electrons. The molecule has 1 aromatic carbocycles. The van der Waals surface area contributed by atoms with Gasteiger partial charge in [0.2, 0.25) is 0 Å². The van der Waals surface area contributed by atoms with Crippen LogP contribution in [0.15, 0.2) is 43.9 Å². The lowest BCUT2D eigenvalue weighted by Crippen LogP contribution is -2.28. The van der Waals surface area contributed by atoms with Gasteiger partial charge in [0.15, 0.2) is 11.4 Å². The summed E-state index contributed by atoms with van der Waals surface area (Å²) in [6, 6.07) is 8.30. The third-order valence-electron chi connectivity index (χ3n) is 2.89. The molecule has 3 nitrogen and oxygen atoms in total. The Hall–Kier alpha value is -1.21. The molecule has 0 spiro atoms. The van der Waals surface area contributed by atoms with Crippen LogP contribution < -0.4 is 11.3 Å². The number of rotatable bonds is 3. The first-order chi connectivity index (χ1) is 9.19. The second kappa shape index (κ2) is 5.05. The van der Waals surface area contributed by atoms with Crippen molar-refractivity contribution in [3.05, 3.63) is 56.6 Å². The number of hydrogen-bond donors (Lipinski definition) is 2. The molecular formula is C13H10BrFN2OS. The number of hydrogen-bond acceptors (Lipinski definition) is 4. The van der Waals surface area contributed by atoms with Gasteiger partial charge in [0.05, 0.1) is 3.79 Å². The van der Waals surface area contributed by atoms with Crippen LogP contribution >= 0.6 is 27.3 Å². The Kier molecular flexibility index (Phi) is 3.40. The van der Waals surface area contributed by atoms with Gasteiger partial charge in [-0.05, 0) is 45.1 Å². The van der Waals surface area contributed by atoms with Crippen LogP contribution in [-0.2, 0) is 0 Å². The van der Waals surface area contributed by atoms with Crippen molar-refractivity contribution < 1.29 is 8.81 Å². The van der Waals surface area contributed by atoms with E-state index in [0.717, 1.165) is 14.7 Å². The first kappa shape index (κ1) is 12.8. The third-order valence-corrected chi connectivity index (χ3v) is 4.41. The van der Waals surface area contributed by atoms with Crippen LogP contribution in [0.1, 0.15) is 17.4 Å². The molecule has 0 aliphatic carbocycles. The second-order valence-electron chi connectivity index (χ2n) is 4.09. The standard InChI is InChI=1S/C13H10BrFN2OS/c14-11-5-8(6-19-11)12(17-16)10-4-7-2-1-3-9(15)13(7)18-10/h1-6,12,17H,16H2. The molecule has 0 aliphatic heterocycles. The van der Waals surface area contributed by atoms with Gasteiger partial charge < -0.3 is 4.42 Å². The summed E-state index contributed by atoms with van der Waals surface area (Å²) in [5.41, 5.74) is 3.93. The van der Waals surface area contributed by atoms with E-state index in [4.69, 9.17) is 10.3 Å². The van der Waals surface area contributed by atoms with Gasteiger partial charge in [0.25, 0.3) is 0 Å². The molecule has 1 unspecified atom stereocenters. The fourth-order valence-electron chi connectivity index (χ4n) is 2.01. The number of hydrazine groups is 1. The highest BCUT2D eigenvalue weighted by Gasteiger charge is 2.19. The average Bonchev–Trinajstić information content (AvgIpc) is 2.98. The summed E-state index contributed by atoms with van der Waals surface area (Å²) >= 11 is 4.97. The molecule has 0 saturated heterocycles. The molecule has 0 aliphatic rings. The number of thiophene rings is 1. The van der Waals surface area contributed by atoms with E-state index in [-0.39, 0.29) is 17.4 Å². The number of nitrogens with two attached hydrogens (primary N) is 1. The van der Waals surface area contributed by atoms with Crippen LogP contribution in [0, 0.1) is 5.82 Å². The van der Waals surface area contributed by atoms with E-state index < -0.39 is 0 Å². The first-order valence-corrected chi connectivity index (χ1v) is 7.24. The van der Waals surface area contributed by atoms with Crippen molar-refractivity contribution in [1.82, 2.24) is 5.43 Å². The van der Waals surface area contributed by atoms with Gasteiger partial charge >= 0.3 is 0 Å². The first-order valence-electron chi connectivity index (χ1n) is 5.57. The summed E-state index contributed by atoms with van der Waals surface area (Å²) < 4.78 is 20.2. The molecular weight excluding hydrogens is 331 g/mol. The van der Waals surface area contributed by atoms with Gasteiger partial charge in [0, 0.05) is 5.39 Å². The molecule has 2 aromatic heterocycles.